The molecule has 0 heterocycles. The molecule has 1 amide bonds. The number of nitro groups is 1. The molecular weight excluding hydrogens is 396 g/mol. The zero-order valence-corrected chi connectivity index (χ0v) is 15.8. The molecule has 3 aromatic rings. The van der Waals surface area contributed by atoms with E-state index in [2.05, 4.69) is 5.32 Å². The van der Waals surface area contributed by atoms with Gasteiger partial charge in [0.25, 0.3) is 11.6 Å². The van der Waals surface area contributed by atoms with E-state index in [0.29, 0.717) is 5.69 Å². The van der Waals surface area contributed by atoms with Crippen LogP contribution in [-0.2, 0) is 9.53 Å². The number of hydrogen-bond acceptors (Lipinski definition) is 5. The van der Waals surface area contributed by atoms with E-state index in [1.165, 1.54) is 6.07 Å². The highest BCUT2D eigenvalue weighted by molar-refractivity contribution is 6.31. The Kier molecular flexibility index (Phi) is 6.21. The summed E-state index contributed by atoms with van der Waals surface area (Å²) in [7, 11) is 0. The van der Waals surface area contributed by atoms with E-state index in [0.717, 1.165) is 23.3 Å². The van der Waals surface area contributed by atoms with Gasteiger partial charge in [-0.2, -0.15) is 0 Å². The van der Waals surface area contributed by atoms with Gasteiger partial charge < -0.3 is 10.1 Å². The first-order valence-electron chi connectivity index (χ1n) is 8.50. The fourth-order valence-electron chi connectivity index (χ4n) is 2.61. The van der Waals surface area contributed by atoms with Gasteiger partial charge in [-0.3, -0.25) is 14.9 Å². The number of amides is 1. The molecule has 29 heavy (non-hydrogen) atoms. The molecule has 3 rings (SSSR count). The number of anilines is 1. The molecule has 0 aromatic heterocycles. The van der Waals surface area contributed by atoms with Gasteiger partial charge in [0.2, 0.25) is 0 Å². The number of nitrogens with one attached hydrogen (secondary N) is 1. The van der Waals surface area contributed by atoms with Crippen molar-refractivity contribution in [3.05, 3.63) is 93.5 Å². The Hall–Kier alpha value is -3.71. The number of esters is 1. The molecule has 0 unspecified atom stereocenters. The van der Waals surface area contributed by atoms with E-state index in [-0.39, 0.29) is 10.6 Å². The van der Waals surface area contributed by atoms with Crippen LogP contribution in [0.25, 0.3) is 11.1 Å². The molecule has 0 aliphatic carbocycles. The summed E-state index contributed by atoms with van der Waals surface area (Å²) in [4.78, 5) is 34.5. The Labute approximate surface area is 171 Å². The molecular formula is C21H15ClN2O5. The lowest BCUT2D eigenvalue weighted by Gasteiger charge is -2.08. The Morgan fingerprint density at radius 1 is 0.966 bits per heavy atom. The summed E-state index contributed by atoms with van der Waals surface area (Å²) in [6, 6.07) is 20.4. The molecule has 146 valence electrons. The van der Waals surface area contributed by atoms with Crippen molar-refractivity contribution >= 4 is 34.9 Å². The van der Waals surface area contributed by atoms with Gasteiger partial charge in [-0.05, 0) is 35.4 Å². The van der Waals surface area contributed by atoms with Crippen molar-refractivity contribution in [3.8, 4) is 11.1 Å². The number of carbonyl (C=O) groups excluding carboxylic acids is 2. The number of nitro benzene ring substituents is 1. The second-order valence-electron chi connectivity index (χ2n) is 5.99. The van der Waals surface area contributed by atoms with Crippen molar-refractivity contribution in [1.29, 1.82) is 0 Å². The van der Waals surface area contributed by atoms with Crippen molar-refractivity contribution in [2.24, 2.45) is 0 Å². The zero-order chi connectivity index (χ0) is 20.8. The van der Waals surface area contributed by atoms with Crippen molar-refractivity contribution in [2.75, 3.05) is 11.9 Å². The van der Waals surface area contributed by atoms with Crippen LogP contribution in [0.3, 0.4) is 0 Å². The summed E-state index contributed by atoms with van der Waals surface area (Å²) >= 11 is 5.78. The van der Waals surface area contributed by atoms with Crippen LogP contribution in [0.15, 0.2) is 72.8 Å². The third kappa shape index (κ3) is 5.18. The first-order valence-corrected chi connectivity index (χ1v) is 8.88. The van der Waals surface area contributed by atoms with Crippen LogP contribution in [0.5, 0.6) is 0 Å². The van der Waals surface area contributed by atoms with E-state index < -0.39 is 29.1 Å². The van der Waals surface area contributed by atoms with Gasteiger partial charge in [0.05, 0.1) is 4.92 Å². The minimum Gasteiger partial charge on any atom is -0.452 e. The molecule has 0 aliphatic rings. The van der Waals surface area contributed by atoms with E-state index in [1.54, 1.807) is 12.1 Å². The smallest absolute Gasteiger partial charge is 0.345 e. The molecule has 1 N–H and O–H groups in total. The standard InChI is InChI=1S/C21H15ClN2O5/c22-16-8-11-19(24(27)28)18(12-16)21(26)29-13-20(25)23-17-9-6-15(7-10-17)14-4-2-1-3-5-14/h1-12H,13H2,(H,23,25). The maximum atomic E-state index is 12.1. The Morgan fingerprint density at radius 3 is 2.28 bits per heavy atom. The number of ether oxygens (including phenoxy) is 1. The number of halogens is 1. The molecule has 0 atom stereocenters. The van der Waals surface area contributed by atoms with Crippen LogP contribution in [0.4, 0.5) is 11.4 Å². The van der Waals surface area contributed by atoms with Gasteiger partial charge in [0.1, 0.15) is 5.56 Å². The van der Waals surface area contributed by atoms with Crippen molar-refractivity contribution in [2.45, 2.75) is 0 Å². The summed E-state index contributed by atoms with van der Waals surface area (Å²) in [5.74, 6) is -1.58. The lowest BCUT2D eigenvalue weighted by molar-refractivity contribution is -0.385. The predicted molar refractivity (Wildman–Crippen MR) is 109 cm³/mol. The molecule has 0 aliphatic heterocycles. The highest BCUT2D eigenvalue weighted by atomic mass is 35.5. The first kappa shape index (κ1) is 20.0. The number of rotatable bonds is 6. The summed E-state index contributed by atoms with van der Waals surface area (Å²) in [5.41, 5.74) is 1.80. The lowest BCUT2D eigenvalue weighted by Crippen LogP contribution is -2.21. The Bertz CT molecular complexity index is 1050. The lowest BCUT2D eigenvalue weighted by atomic mass is 10.1. The first-order chi connectivity index (χ1) is 13.9. The van der Waals surface area contributed by atoms with Crippen LogP contribution in [0.2, 0.25) is 5.02 Å². The van der Waals surface area contributed by atoms with Gasteiger partial charge in [-0.1, -0.05) is 54.1 Å². The molecule has 0 radical (unpaired) electrons. The Balaban J connectivity index is 1.60. The molecule has 0 fully saturated rings. The van der Waals surface area contributed by atoms with Crippen molar-refractivity contribution < 1.29 is 19.2 Å². The normalized spacial score (nSPS) is 10.2. The third-order valence-electron chi connectivity index (χ3n) is 3.99. The Morgan fingerprint density at radius 2 is 1.62 bits per heavy atom. The number of carbonyl (C=O) groups is 2. The molecule has 0 bridgehead atoms. The molecule has 7 nitrogen and oxygen atoms in total. The van der Waals surface area contributed by atoms with Crippen molar-refractivity contribution in [3.63, 3.8) is 0 Å². The number of benzene rings is 3. The number of hydrogen-bond donors (Lipinski definition) is 1. The molecule has 3 aromatic carbocycles. The summed E-state index contributed by atoms with van der Waals surface area (Å²) in [6.07, 6.45) is 0. The van der Waals surface area contributed by atoms with E-state index >= 15 is 0 Å². The average Bonchev–Trinajstić information content (AvgIpc) is 2.73. The van der Waals surface area contributed by atoms with E-state index in [9.17, 15) is 19.7 Å². The van der Waals surface area contributed by atoms with Crippen LogP contribution in [-0.4, -0.2) is 23.4 Å². The molecule has 8 heteroatoms. The van der Waals surface area contributed by atoms with E-state index in [4.69, 9.17) is 16.3 Å². The summed E-state index contributed by atoms with van der Waals surface area (Å²) < 4.78 is 4.89. The third-order valence-corrected chi connectivity index (χ3v) is 4.22. The topological polar surface area (TPSA) is 98.5 Å². The summed E-state index contributed by atoms with van der Waals surface area (Å²) in [5, 5.41) is 13.8. The predicted octanol–water partition coefficient (Wildman–Crippen LogP) is 4.71. The van der Waals surface area contributed by atoms with Gasteiger partial charge >= 0.3 is 5.97 Å². The average molecular weight is 411 g/mol. The zero-order valence-electron chi connectivity index (χ0n) is 15.0. The highest BCUT2D eigenvalue weighted by Gasteiger charge is 2.22. The highest BCUT2D eigenvalue weighted by Crippen LogP contribution is 2.24. The monoisotopic (exact) mass is 410 g/mol. The fourth-order valence-corrected chi connectivity index (χ4v) is 2.79. The largest absolute Gasteiger partial charge is 0.452 e. The maximum absolute atomic E-state index is 12.1. The SMILES string of the molecule is O=C(COC(=O)c1cc(Cl)ccc1[N+](=O)[O-])Nc1ccc(-c2ccccc2)cc1. The fraction of sp³-hybridized carbons (Fsp3) is 0.0476. The van der Waals surface area contributed by atoms with Crippen molar-refractivity contribution in [1.82, 2.24) is 0 Å². The van der Waals surface area contributed by atoms with E-state index in [1.807, 2.05) is 42.5 Å². The second kappa shape index (κ2) is 8.99. The number of nitrogens with zero attached hydrogens (tertiary/aromatic N) is 1. The van der Waals surface area contributed by atoms with Crippen LogP contribution < -0.4 is 5.32 Å². The minimum absolute atomic E-state index is 0.144. The molecule has 0 saturated carbocycles. The molecule has 0 saturated heterocycles. The minimum atomic E-state index is -1.01. The molecule has 0 spiro atoms. The quantitative estimate of drug-likeness (QED) is 0.360. The van der Waals surface area contributed by atoms with Gasteiger partial charge in [0.15, 0.2) is 6.61 Å². The van der Waals surface area contributed by atoms with Crippen LogP contribution >= 0.6 is 11.6 Å². The van der Waals surface area contributed by atoms with Crippen LogP contribution in [0, 0.1) is 10.1 Å². The summed E-state index contributed by atoms with van der Waals surface area (Å²) in [6.45, 7) is -0.594. The maximum Gasteiger partial charge on any atom is 0.345 e. The van der Waals surface area contributed by atoms with Gasteiger partial charge in [-0.15, -0.1) is 0 Å². The van der Waals surface area contributed by atoms with Gasteiger partial charge in [-0.25, -0.2) is 4.79 Å². The van der Waals surface area contributed by atoms with Gasteiger partial charge in [0, 0.05) is 16.8 Å². The second-order valence-corrected chi connectivity index (χ2v) is 6.42. The van der Waals surface area contributed by atoms with Crippen LogP contribution in [0.1, 0.15) is 10.4 Å².